The number of aromatic nitrogens is 4. The quantitative estimate of drug-likeness (QED) is 0.127. The van der Waals surface area contributed by atoms with E-state index in [0.717, 1.165) is 17.1 Å². The molecule has 0 spiro atoms. The Morgan fingerprint density at radius 1 is 0.212 bits per heavy atom. The maximum absolute atomic E-state index is 3.22. The molecule has 0 atom stereocenters. The predicted molar refractivity (Wildman–Crippen MR) is 287 cm³/mol. The Hall–Kier alpha value is -7.90. The molecule has 66 heavy (non-hydrogen) atoms. The van der Waals surface area contributed by atoms with E-state index in [9.17, 15) is 0 Å². The average Bonchev–Trinajstić information content (AvgIpc) is 4.12. The van der Waals surface area contributed by atoms with Gasteiger partial charge in [-0.1, -0.05) is 146 Å². The third-order valence-electron chi connectivity index (χ3n) is 13.5. The molecular weight excluding hydrogens is 841 g/mol. The van der Waals surface area contributed by atoms with Crippen LogP contribution in [0.25, 0.3) is 121 Å². The molecule has 0 saturated heterocycles. The van der Waals surface area contributed by atoms with Crippen LogP contribution in [0.5, 0.6) is 0 Å². The van der Waals surface area contributed by atoms with Crippen LogP contribution in [0.1, 0.15) is 0 Å². The highest BCUT2D eigenvalue weighted by atomic mass is 33.1. The van der Waals surface area contributed by atoms with Gasteiger partial charge in [-0.25, -0.2) is 0 Å². The molecule has 10 aromatic carbocycles. The first-order chi connectivity index (χ1) is 32.8. The highest BCUT2D eigenvalue weighted by Gasteiger charge is 2.22. The number of rotatable bonds is 5. The standard InChI is InChI=1S/C60H38N4.H2S2/c1-3-15-41(16-4-1)61-53-23-11-9-21-47(53)51-38-58-52(37-57(51)61)48-22-10-12-24-54(48)62(58)43-31-27-39(28-32-43)40-29-33-44(34-30-40)64-56-26-14-8-20-46(56)50-36-35-49-45-19-7-13-25-55(45)63(59(49)60(50)64)42-17-5-2-6-18-42;1-2/h1-38H;1-2H. The van der Waals surface area contributed by atoms with Crippen molar-refractivity contribution in [3.8, 4) is 33.9 Å². The second kappa shape index (κ2) is 15.4. The van der Waals surface area contributed by atoms with Crippen LogP contribution in [0.3, 0.4) is 0 Å². The molecule has 0 aliphatic carbocycles. The van der Waals surface area contributed by atoms with Gasteiger partial charge in [0, 0.05) is 65.8 Å². The summed E-state index contributed by atoms with van der Waals surface area (Å²) in [6, 6.07) is 84.3. The van der Waals surface area contributed by atoms with Crippen molar-refractivity contribution in [2.45, 2.75) is 0 Å². The van der Waals surface area contributed by atoms with Gasteiger partial charge in [0.05, 0.1) is 44.1 Å². The SMILES string of the molecule is SS.c1ccc(-n2c3ccccc3c3cc4c(cc32)c2ccccc2n4-c2ccc(-c3ccc(-n4c5ccccc5c5ccc6c7ccccc7n(-c7ccccc7)c6c54)cc3)cc2)cc1. The number of nitrogens with zero attached hydrogens (tertiary/aromatic N) is 4. The molecule has 14 aromatic rings. The maximum atomic E-state index is 3.22. The normalized spacial score (nSPS) is 11.8. The molecule has 4 nitrogen and oxygen atoms in total. The highest BCUT2D eigenvalue weighted by molar-refractivity contribution is 8.59. The van der Waals surface area contributed by atoms with E-state index in [4.69, 9.17) is 0 Å². The Labute approximate surface area is 391 Å². The summed E-state index contributed by atoms with van der Waals surface area (Å²) < 4.78 is 9.75. The minimum absolute atomic E-state index is 1.13. The molecule has 0 aliphatic heterocycles. The molecule has 0 saturated carbocycles. The lowest BCUT2D eigenvalue weighted by atomic mass is 10.0. The van der Waals surface area contributed by atoms with Crippen molar-refractivity contribution in [2.24, 2.45) is 0 Å². The fraction of sp³-hybridized carbons (Fsp3) is 0. The largest absolute Gasteiger partial charge is 0.309 e. The second-order valence-corrected chi connectivity index (χ2v) is 16.9. The lowest BCUT2D eigenvalue weighted by molar-refractivity contribution is 1.15. The summed E-state index contributed by atoms with van der Waals surface area (Å²) in [4.78, 5) is 0. The zero-order chi connectivity index (χ0) is 43.9. The van der Waals surface area contributed by atoms with Gasteiger partial charge < -0.3 is 18.3 Å². The number of hydrogen-bond donors (Lipinski definition) is 2. The van der Waals surface area contributed by atoms with E-state index in [1.165, 1.54) is 104 Å². The maximum Gasteiger partial charge on any atom is 0.0788 e. The fourth-order valence-corrected chi connectivity index (χ4v) is 10.8. The van der Waals surface area contributed by atoms with Gasteiger partial charge in [-0.2, -0.15) is 0 Å². The molecule has 0 bridgehead atoms. The van der Waals surface area contributed by atoms with E-state index in [2.05, 4.69) is 272 Å². The van der Waals surface area contributed by atoms with Gasteiger partial charge >= 0.3 is 0 Å². The van der Waals surface area contributed by atoms with Crippen molar-refractivity contribution in [1.29, 1.82) is 0 Å². The Kier molecular flexibility index (Phi) is 8.98. The predicted octanol–water partition coefficient (Wildman–Crippen LogP) is 16.5. The summed E-state index contributed by atoms with van der Waals surface area (Å²) >= 11 is 6.44. The molecule has 0 unspecified atom stereocenters. The Morgan fingerprint density at radius 3 is 0.894 bits per heavy atom. The third-order valence-corrected chi connectivity index (χ3v) is 13.5. The fourth-order valence-electron chi connectivity index (χ4n) is 10.8. The summed E-state index contributed by atoms with van der Waals surface area (Å²) in [7, 11) is 0. The van der Waals surface area contributed by atoms with Crippen molar-refractivity contribution >= 4 is 111 Å². The lowest BCUT2D eigenvalue weighted by Crippen LogP contribution is -1.98. The van der Waals surface area contributed by atoms with Crippen LogP contribution in [-0.2, 0) is 0 Å². The monoisotopic (exact) mass is 880 g/mol. The molecule has 312 valence electrons. The number of para-hydroxylation sites is 6. The second-order valence-electron chi connectivity index (χ2n) is 16.9. The Morgan fingerprint density at radius 2 is 0.500 bits per heavy atom. The van der Waals surface area contributed by atoms with Crippen LogP contribution in [0, 0.1) is 0 Å². The van der Waals surface area contributed by atoms with Gasteiger partial charge in [-0.3, -0.25) is 0 Å². The minimum atomic E-state index is 1.13. The average molecular weight is 881 g/mol. The van der Waals surface area contributed by atoms with E-state index in [1.807, 2.05) is 0 Å². The molecule has 0 radical (unpaired) electrons. The number of fused-ring (bicyclic) bond motifs is 13. The Bertz CT molecular complexity index is 4160. The zero-order valence-corrected chi connectivity index (χ0v) is 37.4. The topological polar surface area (TPSA) is 19.7 Å². The van der Waals surface area contributed by atoms with Crippen molar-refractivity contribution in [1.82, 2.24) is 18.3 Å². The molecule has 0 amide bonds. The van der Waals surface area contributed by atoms with Gasteiger partial charge in [0.25, 0.3) is 0 Å². The van der Waals surface area contributed by atoms with Crippen molar-refractivity contribution in [3.05, 3.63) is 231 Å². The first-order valence-electron chi connectivity index (χ1n) is 22.2. The van der Waals surface area contributed by atoms with Crippen LogP contribution >= 0.6 is 23.3 Å². The molecular formula is C60H40N4S2. The summed E-state index contributed by atoms with van der Waals surface area (Å²) in [5, 5.41) is 9.99. The number of benzene rings is 10. The summed E-state index contributed by atoms with van der Waals surface area (Å²) in [5.74, 6) is 0. The number of hydrogen-bond acceptors (Lipinski definition) is 2. The van der Waals surface area contributed by atoms with Gasteiger partial charge in [0.1, 0.15) is 0 Å². The van der Waals surface area contributed by atoms with E-state index in [-0.39, 0.29) is 0 Å². The van der Waals surface area contributed by atoms with Crippen LogP contribution in [0.4, 0.5) is 0 Å². The molecule has 14 rings (SSSR count). The van der Waals surface area contributed by atoms with Crippen molar-refractivity contribution < 1.29 is 0 Å². The zero-order valence-electron chi connectivity index (χ0n) is 35.6. The van der Waals surface area contributed by atoms with Crippen LogP contribution in [0.2, 0.25) is 0 Å². The highest BCUT2D eigenvalue weighted by Crippen LogP contribution is 2.43. The van der Waals surface area contributed by atoms with Crippen LogP contribution in [-0.4, -0.2) is 18.3 Å². The summed E-state index contributed by atoms with van der Waals surface area (Å²) in [6.45, 7) is 0. The van der Waals surface area contributed by atoms with Crippen LogP contribution in [0.15, 0.2) is 231 Å². The van der Waals surface area contributed by atoms with E-state index in [1.54, 1.807) is 0 Å². The smallest absolute Gasteiger partial charge is 0.0788 e. The van der Waals surface area contributed by atoms with Gasteiger partial charge in [0.15, 0.2) is 0 Å². The lowest BCUT2D eigenvalue weighted by Gasteiger charge is -2.13. The van der Waals surface area contributed by atoms with E-state index < -0.39 is 0 Å². The molecule has 6 heteroatoms. The van der Waals surface area contributed by atoms with Gasteiger partial charge in [0.2, 0.25) is 0 Å². The number of thiol groups is 2. The van der Waals surface area contributed by atoms with Crippen LogP contribution < -0.4 is 0 Å². The molecule has 4 aromatic heterocycles. The van der Waals surface area contributed by atoms with Gasteiger partial charge in [-0.05, 0) is 96.1 Å². The van der Waals surface area contributed by atoms with Crippen molar-refractivity contribution in [2.75, 3.05) is 0 Å². The summed E-state index contributed by atoms with van der Waals surface area (Å²) in [6.07, 6.45) is 0. The molecule has 4 heterocycles. The van der Waals surface area contributed by atoms with E-state index >= 15 is 0 Å². The van der Waals surface area contributed by atoms with Crippen molar-refractivity contribution in [3.63, 3.8) is 0 Å². The first kappa shape index (κ1) is 38.5. The summed E-state index contributed by atoms with van der Waals surface area (Å²) in [5.41, 5.74) is 16.6. The first-order valence-corrected chi connectivity index (χ1v) is 23.8. The molecule has 0 N–H and O–H groups in total. The minimum Gasteiger partial charge on any atom is -0.309 e. The Balaban J connectivity index is 0.00000215. The van der Waals surface area contributed by atoms with Gasteiger partial charge in [-0.15, -0.1) is 23.3 Å². The molecule has 0 aliphatic rings. The third kappa shape index (κ3) is 5.68. The van der Waals surface area contributed by atoms with E-state index in [0.29, 0.717) is 0 Å². The molecule has 0 fully saturated rings.